The molecule has 0 aliphatic heterocycles. The molecule has 0 amide bonds. The summed E-state index contributed by atoms with van der Waals surface area (Å²) in [6.45, 7) is 2.10. The molecule has 23 heavy (non-hydrogen) atoms. The van der Waals surface area contributed by atoms with E-state index in [0.717, 1.165) is 36.1 Å². The minimum absolute atomic E-state index is 0.0696. The number of hydrogen-bond acceptors (Lipinski definition) is 4. The first-order chi connectivity index (χ1) is 11.0. The number of fused-ring (bicyclic) bond motifs is 1. The van der Waals surface area contributed by atoms with Gasteiger partial charge in [-0.1, -0.05) is 25.1 Å². The highest BCUT2D eigenvalue weighted by Crippen LogP contribution is 2.58. The van der Waals surface area contributed by atoms with Gasteiger partial charge in [0.05, 0.1) is 14.2 Å². The van der Waals surface area contributed by atoms with Gasteiger partial charge in [-0.25, -0.2) is 0 Å². The molecule has 0 radical (unpaired) electrons. The fourth-order valence-corrected chi connectivity index (χ4v) is 4.22. The predicted octanol–water partition coefficient (Wildman–Crippen LogP) is 3.27. The average molecular weight is 314 g/mol. The Morgan fingerprint density at radius 3 is 2.52 bits per heavy atom. The van der Waals surface area contributed by atoms with Crippen LogP contribution in [0.1, 0.15) is 37.7 Å². The summed E-state index contributed by atoms with van der Waals surface area (Å²) in [6, 6.07) is 7.66. The van der Waals surface area contributed by atoms with E-state index in [1.54, 1.807) is 7.11 Å². The Kier molecular flexibility index (Phi) is 4.00. The number of esters is 1. The van der Waals surface area contributed by atoms with Crippen LogP contribution >= 0.6 is 0 Å². The minimum atomic E-state index is -0.747. The van der Waals surface area contributed by atoms with Crippen molar-refractivity contribution in [2.45, 2.75) is 32.1 Å². The van der Waals surface area contributed by atoms with E-state index < -0.39 is 11.9 Å². The Bertz CT molecular complexity index is 658. The zero-order valence-electron chi connectivity index (χ0n) is 13.8. The summed E-state index contributed by atoms with van der Waals surface area (Å²) in [7, 11) is 2.97. The molecule has 4 heteroatoms. The van der Waals surface area contributed by atoms with E-state index in [0.29, 0.717) is 0 Å². The molecule has 0 saturated heterocycles. The molecule has 1 aromatic rings. The number of allylic oxidation sites excluding steroid dienone is 2. The quantitative estimate of drug-likeness (QED) is 0.635. The number of methoxy groups -OCH3 is 2. The highest BCUT2D eigenvalue weighted by Gasteiger charge is 2.57. The number of hydrogen-bond donors (Lipinski definition) is 0. The van der Waals surface area contributed by atoms with E-state index in [4.69, 9.17) is 9.47 Å². The standard InChI is InChI=1S/C19H22O4/c1-19-11-5-4-6-14(19)17(20)15(18(21)23-3)16(19)12-7-9-13(22-2)10-8-12/h6-10,15-16H,4-5,11H2,1-3H3/t15-,16-,19-/m0/s1. The first-order valence-electron chi connectivity index (χ1n) is 7.99. The van der Waals surface area contributed by atoms with Crippen LogP contribution in [-0.2, 0) is 14.3 Å². The second-order valence-electron chi connectivity index (χ2n) is 6.54. The van der Waals surface area contributed by atoms with Crippen molar-refractivity contribution in [2.75, 3.05) is 14.2 Å². The number of Topliss-reactive ketones (excluding diaryl/α,β-unsaturated/α-hetero) is 1. The number of ether oxygens (including phenoxy) is 2. The second-order valence-corrected chi connectivity index (χ2v) is 6.54. The van der Waals surface area contributed by atoms with Gasteiger partial charge in [0.1, 0.15) is 11.7 Å². The lowest BCUT2D eigenvalue weighted by Crippen LogP contribution is -2.30. The van der Waals surface area contributed by atoms with Crippen molar-refractivity contribution < 1.29 is 19.1 Å². The van der Waals surface area contributed by atoms with Gasteiger partial charge in [-0.15, -0.1) is 0 Å². The van der Waals surface area contributed by atoms with Gasteiger partial charge < -0.3 is 9.47 Å². The van der Waals surface area contributed by atoms with Crippen molar-refractivity contribution >= 4 is 11.8 Å². The highest BCUT2D eigenvalue weighted by atomic mass is 16.5. The maximum Gasteiger partial charge on any atom is 0.317 e. The van der Waals surface area contributed by atoms with Crippen LogP contribution in [0, 0.1) is 11.3 Å². The van der Waals surface area contributed by atoms with Gasteiger partial charge in [0.15, 0.2) is 5.78 Å². The van der Waals surface area contributed by atoms with Crippen LogP contribution in [0.3, 0.4) is 0 Å². The number of carbonyl (C=O) groups excluding carboxylic acids is 2. The molecule has 1 saturated carbocycles. The zero-order chi connectivity index (χ0) is 16.6. The molecule has 0 N–H and O–H groups in total. The van der Waals surface area contributed by atoms with Crippen LogP contribution in [0.15, 0.2) is 35.9 Å². The lowest BCUT2D eigenvalue weighted by Gasteiger charge is -2.36. The number of ketones is 1. The molecule has 2 aliphatic rings. The summed E-state index contributed by atoms with van der Waals surface area (Å²) in [6.07, 6.45) is 4.87. The predicted molar refractivity (Wildman–Crippen MR) is 86.3 cm³/mol. The van der Waals surface area contributed by atoms with Crippen molar-refractivity contribution in [1.29, 1.82) is 0 Å². The molecule has 0 unspecified atom stereocenters. The first kappa shape index (κ1) is 15.8. The van der Waals surface area contributed by atoms with Gasteiger partial charge in [0.2, 0.25) is 0 Å². The third-order valence-electron chi connectivity index (χ3n) is 5.36. The normalized spacial score (nSPS) is 29.7. The lowest BCUT2D eigenvalue weighted by atomic mass is 9.67. The molecule has 2 aliphatic carbocycles. The fraction of sp³-hybridized carbons (Fsp3) is 0.474. The summed E-state index contributed by atoms with van der Waals surface area (Å²) in [5.74, 6) is -0.674. The van der Waals surface area contributed by atoms with E-state index in [1.165, 1.54) is 7.11 Å². The molecule has 4 nitrogen and oxygen atoms in total. The monoisotopic (exact) mass is 314 g/mol. The Balaban J connectivity index is 2.11. The second kappa shape index (κ2) is 5.84. The molecule has 0 spiro atoms. The molecule has 1 fully saturated rings. The summed E-state index contributed by atoms with van der Waals surface area (Å²) in [5.41, 5.74) is 1.49. The van der Waals surface area contributed by atoms with Gasteiger partial charge in [-0.2, -0.15) is 0 Å². The number of benzene rings is 1. The fourth-order valence-electron chi connectivity index (χ4n) is 4.22. The average Bonchev–Trinajstić information content (AvgIpc) is 2.82. The van der Waals surface area contributed by atoms with Gasteiger partial charge in [0.25, 0.3) is 0 Å². The molecule has 0 heterocycles. The summed E-state index contributed by atoms with van der Waals surface area (Å²) >= 11 is 0. The highest BCUT2D eigenvalue weighted by molar-refractivity contribution is 6.12. The maximum absolute atomic E-state index is 12.9. The van der Waals surface area contributed by atoms with Crippen molar-refractivity contribution in [1.82, 2.24) is 0 Å². The molecular weight excluding hydrogens is 292 g/mol. The van der Waals surface area contributed by atoms with Crippen molar-refractivity contribution in [3.63, 3.8) is 0 Å². The molecular formula is C19H22O4. The van der Waals surface area contributed by atoms with Crippen LogP contribution < -0.4 is 4.74 Å². The third-order valence-corrected chi connectivity index (χ3v) is 5.36. The van der Waals surface area contributed by atoms with Crippen LogP contribution in [-0.4, -0.2) is 26.0 Å². The zero-order valence-corrected chi connectivity index (χ0v) is 13.8. The van der Waals surface area contributed by atoms with Gasteiger partial charge in [0, 0.05) is 11.3 Å². The van der Waals surface area contributed by atoms with Crippen LogP contribution in [0.2, 0.25) is 0 Å². The van der Waals surface area contributed by atoms with Crippen molar-refractivity contribution in [3.8, 4) is 5.75 Å². The molecule has 3 rings (SSSR count). The SMILES string of the molecule is COC(=O)[C@@H]1C(=O)C2=CCCC[C@]2(C)[C@H]1c1ccc(OC)cc1. The van der Waals surface area contributed by atoms with Gasteiger partial charge in [-0.3, -0.25) is 9.59 Å². The van der Waals surface area contributed by atoms with E-state index in [9.17, 15) is 9.59 Å². The Labute approximate surface area is 136 Å². The number of carbonyl (C=O) groups is 2. The summed E-state index contributed by atoms with van der Waals surface area (Å²) in [5, 5.41) is 0. The largest absolute Gasteiger partial charge is 0.497 e. The van der Waals surface area contributed by atoms with E-state index in [2.05, 4.69) is 6.92 Å². The summed E-state index contributed by atoms with van der Waals surface area (Å²) in [4.78, 5) is 25.2. The Morgan fingerprint density at radius 1 is 1.22 bits per heavy atom. The Morgan fingerprint density at radius 2 is 1.91 bits per heavy atom. The van der Waals surface area contributed by atoms with E-state index in [1.807, 2.05) is 30.3 Å². The van der Waals surface area contributed by atoms with Gasteiger partial charge >= 0.3 is 5.97 Å². The topological polar surface area (TPSA) is 52.6 Å². The molecule has 3 atom stereocenters. The summed E-state index contributed by atoms with van der Waals surface area (Å²) < 4.78 is 10.2. The number of rotatable bonds is 3. The van der Waals surface area contributed by atoms with Crippen LogP contribution in [0.25, 0.3) is 0 Å². The molecule has 0 aromatic heterocycles. The maximum atomic E-state index is 12.9. The molecule has 0 bridgehead atoms. The smallest absolute Gasteiger partial charge is 0.317 e. The van der Waals surface area contributed by atoms with E-state index in [-0.39, 0.29) is 17.1 Å². The minimum Gasteiger partial charge on any atom is -0.497 e. The third kappa shape index (κ3) is 2.37. The molecule has 122 valence electrons. The molecule has 1 aromatic carbocycles. The van der Waals surface area contributed by atoms with Crippen molar-refractivity contribution in [2.24, 2.45) is 11.3 Å². The van der Waals surface area contributed by atoms with E-state index >= 15 is 0 Å². The lowest BCUT2D eigenvalue weighted by molar-refractivity contribution is -0.148. The van der Waals surface area contributed by atoms with Crippen LogP contribution in [0.5, 0.6) is 5.75 Å². The van der Waals surface area contributed by atoms with Gasteiger partial charge in [-0.05, 0) is 42.5 Å². The Hall–Kier alpha value is -2.10. The first-order valence-corrected chi connectivity index (χ1v) is 7.99. The van der Waals surface area contributed by atoms with Crippen molar-refractivity contribution in [3.05, 3.63) is 41.5 Å². The van der Waals surface area contributed by atoms with Crippen LogP contribution in [0.4, 0.5) is 0 Å².